The highest BCUT2D eigenvalue weighted by atomic mass is 35.5. The van der Waals surface area contributed by atoms with Gasteiger partial charge >= 0.3 is 0 Å². The number of likely N-dealkylation sites (tertiary alicyclic amines) is 1. The fraction of sp³-hybridized carbons (Fsp3) is 0.600. The predicted octanol–water partition coefficient (Wildman–Crippen LogP) is 2.08. The Morgan fingerprint density at radius 3 is 2.64 bits per heavy atom. The summed E-state index contributed by atoms with van der Waals surface area (Å²) in [6.45, 7) is 3.07. The standard InChI is InChI=1S/C15H22ClFN2O2S/c1-22(20,21)9-8-19-6-4-13(5-7-19)18-11-12-2-3-15(17)14(16)10-12/h2-3,10,13,18H,4-9,11H2,1H3. The van der Waals surface area contributed by atoms with Gasteiger partial charge in [-0.05, 0) is 43.6 Å². The third-order valence-corrected chi connectivity index (χ3v) is 5.16. The summed E-state index contributed by atoms with van der Waals surface area (Å²) in [5, 5.41) is 3.60. The smallest absolute Gasteiger partial charge is 0.148 e. The van der Waals surface area contributed by atoms with E-state index < -0.39 is 15.7 Å². The lowest BCUT2D eigenvalue weighted by molar-refractivity contribution is 0.206. The summed E-state index contributed by atoms with van der Waals surface area (Å²) in [6, 6.07) is 5.16. The summed E-state index contributed by atoms with van der Waals surface area (Å²) in [4.78, 5) is 2.19. The van der Waals surface area contributed by atoms with Gasteiger partial charge in [0.2, 0.25) is 0 Å². The van der Waals surface area contributed by atoms with Crippen LogP contribution in [-0.4, -0.2) is 51.0 Å². The Labute approximate surface area is 136 Å². The third kappa shape index (κ3) is 5.83. The predicted molar refractivity (Wildman–Crippen MR) is 87.4 cm³/mol. The maximum atomic E-state index is 13.1. The number of benzene rings is 1. The molecule has 1 heterocycles. The highest BCUT2D eigenvalue weighted by Crippen LogP contribution is 2.17. The number of hydrogen-bond donors (Lipinski definition) is 1. The van der Waals surface area contributed by atoms with Gasteiger partial charge in [0, 0.05) is 25.4 Å². The second-order valence-corrected chi connectivity index (χ2v) is 8.54. The lowest BCUT2D eigenvalue weighted by atomic mass is 10.0. The summed E-state index contributed by atoms with van der Waals surface area (Å²) in [5.74, 6) is -0.177. The van der Waals surface area contributed by atoms with Crippen LogP contribution in [0.2, 0.25) is 5.02 Å². The third-order valence-electron chi connectivity index (χ3n) is 3.94. The molecule has 1 fully saturated rings. The Morgan fingerprint density at radius 2 is 2.05 bits per heavy atom. The molecular formula is C15H22ClFN2O2S. The van der Waals surface area contributed by atoms with Crippen molar-refractivity contribution < 1.29 is 12.8 Å². The minimum atomic E-state index is -2.89. The lowest BCUT2D eigenvalue weighted by Crippen LogP contribution is -2.43. The van der Waals surface area contributed by atoms with Crippen molar-refractivity contribution in [2.24, 2.45) is 0 Å². The number of hydrogen-bond acceptors (Lipinski definition) is 4. The van der Waals surface area contributed by atoms with Crippen molar-refractivity contribution in [1.82, 2.24) is 10.2 Å². The molecule has 124 valence electrons. The minimum Gasteiger partial charge on any atom is -0.310 e. The summed E-state index contributed by atoms with van der Waals surface area (Å²) in [5.41, 5.74) is 0.964. The van der Waals surface area contributed by atoms with Gasteiger partial charge in [-0.15, -0.1) is 0 Å². The Morgan fingerprint density at radius 1 is 1.36 bits per heavy atom. The van der Waals surface area contributed by atoms with E-state index in [1.54, 1.807) is 12.1 Å². The van der Waals surface area contributed by atoms with E-state index in [4.69, 9.17) is 11.6 Å². The summed E-state index contributed by atoms with van der Waals surface area (Å²) in [7, 11) is -2.89. The molecule has 1 aliphatic heterocycles. The van der Waals surface area contributed by atoms with Gasteiger partial charge in [-0.2, -0.15) is 0 Å². The van der Waals surface area contributed by atoms with Crippen LogP contribution in [0.4, 0.5) is 4.39 Å². The van der Waals surface area contributed by atoms with Gasteiger partial charge in [0.05, 0.1) is 10.8 Å². The first-order chi connectivity index (χ1) is 10.3. The molecule has 1 saturated heterocycles. The average molecular weight is 349 g/mol. The molecule has 7 heteroatoms. The van der Waals surface area contributed by atoms with E-state index in [9.17, 15) is 12.8 Å². The van der Waals surface area contributed by atoms with E-state index in [2.05, 4.69) is 10.2 Å². The van der Waals surface area contributed by atoms with Crippen LogP contribution in [0.15, 0.2) is 18.2 Å². The molecule has 0 saturated carbocycles. The summed E-state index contributed by atoms with van der Waals surface area (Å²) < 4.78 is 35.4. The van der Waals surface area contributed by atoms with Gasteiger partial charge in [0.25, 0.3) is 0 Å². The highest BCUT2D eigenvalue weighted by Gasteiger charge is 2.19. The van der Waals surface area contributed by atoms with E-state index in [1.165, 1.54) is 12.3 Å². The number of piperidine rings is 1. The van der Waals surface area contributed by atoms with Gasteiger partial charge in [0.1, 0.15) is 15.7 Å². The van der Waals surface area contributed by atoms with Crippen molar-refractivity contribution in [3.8, 4) is 0 Å². The van der Waals surface area contributed by atoms with Crippen LogP contribution < -0.4 is 5.32 Å². The normalized spacial score (nSPS) is 17.8. The van der Waals surface area contributed by atoms with Gasteiger partial charge in [-0.3, -0.25) is 0 Å². The van der Waals surface area contributed by atoms with Crippen LogP contribution in [0.1, 0.15) is 18.4 Å². The molecule has 0 aromatic heterocycles. The van der Waals surface area contributed by atoms with Crippen LogP contribution in [0.3, 0.4) is 0 Å². The first kappa shape index (κ1) is 17.7. The van der Waals surface area contributed by atoms with Crippen molar-refractivity contribution in [3.63, 3.8) is 0 Å². The molecule has 4 nitrogen and oxygen atoms in total. The minimum absolute atomic E-state index is 0.148. The van der Waals surface area contributed by atoms with Gasteiger partial charge in [-0.1, -0.05) is 17.7 Å². The second-order valence-electron chi connectivity index (χ2n) is 5.88. The molecule has 1 aromatic carbocycles. The fourth-order valence-corrected chi connectivity index (χ4v) is 3.36. The zero-order valence-electron chi connectivity index (χ0n) is 12.7. The van der Waals surface area contributed by atoms with E-state index >= 15 is 0 Å². The van der Waals surface area contributed by atoms with Crippen LogP contribution in [0, 0.1) is 5.82 Å². The molecule has 1 N–H and O–H groups in total. The van der Waals surface area contributed by atoms with Crippen molar-refractivity contribution >= 4 is 21.4 Å². The Kier molecular flexibility index (Phi) is 6.20. The van der Waals surface area contributed by atoms with Crippen LogP contribution in [0.25, 0.3) is 0 Å². The Balaban J connectivity index is 1.72. The van der Waals surface area contributed by atoms with Crippen molar-refractivity contribution in [2.45, 2.75) is 25.4 Å². The molecule has 1 aromatic rings. The van der Waals surface area contributed by atoms with E-state index in [-0.39, 0.29) is 10.8 Å². The number of sulfone groups is 1. The molecule has 0 bridgehead atoms. The number of nitrogens with one attached hydrogen (secondary N) is 1. The number of halogens is 2. The molecule has 22 heavy (non-hydrogen) atoms. The lowest BCUT2D eigenvalue weighted by Gasteiger charge is -2.32. The van der Waals surface area contributed by atoms with Crippen molar-refractivity contribution in [3.05, 3.63) is 34.6 Å². The second kappa shape index (κ2) is 7.73. The Bertz CT molecular complexity index is 602. The van der Waals surface area contributed by atoms with Crippen LogP contribution >= 0.6 is 11.6 Å². The van der Waals surface area contributed by atoms with Gasteiger partial charge in [0.15, 0.2) is 0 Å². The number of nitrogens with zero attached hydrogens (tertiary/aromatic N) is 1. The SMILES string of the molecule is CS(=O)(=O)CCN1CCC(NCc2ccc(F)c(Cl)c2)CC1. The highest BCUT2D eigenvalue weighted by molar-refractivity contribution is 7.90. The summed E-state index contributed by atoms with van der Waals surface area (Å²) in [6.07, 6.45) is 3.24. The maximum absolute atomic E-state index is 13.1. The first-order valence-electron chi connectivity index (χ1n) is 7.41. The van der Waals surface area contributed by atoms with Crippen molar-refractivity contribution in [1.29, 1.82) is 0 Å². The molecule has 2 rings (SSSR count). The monoisotopic (exact) mass is 348 g/mol. The number of rotatable bonds is 6. The maximum Gasteiger partial charge on any atom is 0.148 e. The van der Waals surface area contributed by atoms with Crippen molar-refractivity contribution in [2.75, 3.05) is 31.6 Å². The molecule has 0 aliphatic carbocycles. The molecule has 0 amide bonds. The topological polar surface area (TPSA) is 49.4 Å². The largest absolute Gasteiger partial charge is 0.310 e. The molecule has 0 radical (unpaired) electrons. The van der Waals surface area contributed by atoms with E-state index in [0.29, 0.717) is 19.1 Å². The Hall–Kier alpha value is -0.690. The quantitative estimate of drug-likeness (QED) is 0.855. The van der Waals surface area contributed by atoms with E-state index in [0.717, 1.165) is 31.5 Å². The molecule has 0 unspecified atom stereocenters. The average Bonchev–Trinajstić information content (AvgIpc) is 2.47. The van der Waals surface area contributed by atoms with E-state index in [1.807, 2.05) is 0 Å². The zero-order valence-corrected chi connectivity index (χ0v) is 14.3. The summed E-state index contributed by atoms with van der Waals surface area (Å²) >= 11 is 5.77. The van der Waals surface area contributed by atoms with Gasteiger partial charge < -0.3 is 10.2 Å². The molecule has 0 spiro atoms. The van der Waals surface area contributed by atoms with Crippen LogP contribution in [0.5, 0.6) is 0 Å². The van der Waals surface area contributed by atoms with Gasteiger partial charge in [-0.25, -0.2) is 12.8 Å². The molecule has 1 aliphatic rings. The molecule has 0 atom stereocenters. The fourth-order valence-electron chi connectivity index (χ4n) is 2.57. The first-order valence-corrected chi connectivity index (χ1v) is 9.85. The zero-order chi connectivity index (χ0) is 16.2. The van der Waals surface area contributed by atoms with Crippen LogP contribution in [-0.2, 0) is 16.4 Å². The molecular weight excluding hydrogens is 327 g/mol.